The molecule has 0 saturated carbocycles. The predicted molar refractivity (Wildman–Crippen MR) is 57.8 cm³/mol. The number of benzene rings is 1. The van der Waals surface area contributed by atoms with Gasteiger partial charge in [-0.2, -0.15) is 0 Å². The summed E-state index contributed by atoms with van der Waals surface area (Å²) in [6.07, 6.45) is -0.408. The van der Waals surface area contributed by atoms with Crippen LogP contribution in [0.15, 0.2) is 18.2 Å². The number of halogens is 1. The highest BCUT2D eigenvalue weighted by Crippen LogP contribution is 2.24. The smallest absolute Gasteiger partial charge is 0.256 e. The van der Waals surface area contributed by atoms with E-state index in [1.54, 1.807) is 18.2 Å². The summed E-state index contributed by atoms with van der Waals surface area (Å²) in [5.41, 5.74) is 6.39. The summed E-state index contributed by atoms with van der Waals surface area (Å²) in [6, 6.07) is 4.95. The molecule has 0 spiro atoms. The largest absolute Gasteiger partial charge is 0.397 e. The Bertz CT molecular complexity index is 402. The standard InChI is InChI=1S/C10H11ClN2O2/c11-8-3-1-2-7(9(8)12)10(15)13-4-6(14)5-13/h1-3,6,14H,4-5,12H2. The second-order valence-electron chi connectivity index (χ2n) is 3.57. The molecule has 80 valence electrons. The average Bonchev–Trinajstić information content (AvgIpc) is 2.16. The molecule has 1 aliphatic rings. The van der Waals surface area contributed by atoms with Gasteiger partial charge in [0.2, 0.25) is 0 Å². The van der Waals surface area contributed by atoms with E-state index >= 15 is 0 Å². The number of likely N-dealkylation sites (tertiary alicyclic amines) is 1. The molecule has 1 aromatic carbocycles. The molecule has 0 atom stereocenters. The number of aliphatic hydroxyl groups excluding tert-OH is 1. The third-order valence-electron chi connectivity index (χ3n) is 2.43. The van der Waals surface area contributed by atoms with E-state index in [2.05, 4.69) is 0 Å². The Morgan fingerprint density at radius 1 is 1.53 bits per heavy atom. The Hall–Kier alpha value is -1.26. The first-order chi connectivity index (χ1) is 7.09. The summed E-state index contributed by atoms with van der Waals surface area (Å²) in [7, 11) is 0. The summed E-state index contributed by atoms with van der Waals surface area (Å²) < 4.78 is 0. The lowest BCUT2D eigenvalue weighted by molar-refractivity contribution is 0.00596. The zero-order chi connectivity index (χ0) is 11.0. The minimum Gasteiger partial charge on any atom is -0.397 e. The van der Waals surface area contributed by atoms with E-state index in [0.717, 1.165) is 0 Å². The van der Waals surface area contributed by atoms with Gasteiger partial charge in [-0.1, -0.05) is 17.7 Å². The summed E-state index contributed by atoms with van der Waals surface area (Å²) in [5, 5.41) is 9.46. The number of nitrogen functional groups attached to an aromatic ring is 1. The monoisotopic (exact) mass is 226 g/mol. The predicted octanol–water partition coefficient (Wildman–Crippen LogP) is 0.739. The maximum absolute atomic E-state index is 11.8. The molecule has 0 aromatic heterocycles. The first-order valence-electron chi connectivity index (χ1n) is 4.61. The lowest BCUT2D eigenvalue weighted by Gasteiger charge is -2.36. The number of anilines is 1. The van der Waals surface area contributed by atoms with Crippen molar-refractivity contribution in [3.8, 4) is 0 Å². The summed E-state index contributed by atoms with van der Waals surface area (Å²) in [6.45, 7) is 0.732. The van der Waals surface area contributed by atoms with Crippen LogP contribution in [-0.4, -0.2) is 35.1 Å². The molecule has 4 nitrogen and oxygen atoms in total. The van der Waals surface area contributed by atoms with Gasteiger partial charge in [0.05, 0.1) is 22.4 Å². The normalized spacial score (nSPS) is 16.3. The second kappa shape index (κ2) is 3.72. The van der Waals surface area contributed by atoms with Gasteiger partial charge in [-0.05, 0) is 12.1 Å². The zero-order valence-corrected chi connectivity index (χ0v) is 8.74. The van der Waals surface area contributed by atoms with Crippen LogP contribution in [0.4, 0.5) is 5.69 Å². The van der Waals surface area contributed by atoms with Crippen molar-refractivity contribution in [2.24, 2.45) is 0 Å². The molecule has 3 N–H and O–H groups in total. The Morgan fingerprint density at radius 3 is 2.80 bits per heavy atom. The van der Waals surface area contributed by atoms with Gasteiger partial charge >= 0.3 is 0 Å². The Morgan fingerprint density at radius 2 is 2.20 bits per heavy atom. The van der Waals surface area contributed by atoms with Crippen LogP contribution in [0, 0.1) is 0 Å². The molecular formula is C10H11ClN2O2. The van der Waals surface area contributed by atoms with Gasteiger partial charge in [-0.15, -0.1) is 0 Å². The summed E-state index contributed by atoms with van der Waals surface area (Å²) in [4.78, 5) is 13.4. The lowest BCUT2D eigenvalue weighted by Crippen LogP contribution is -2.53. The van der Waals surface area contributed by atoms with Crippen molar-refractivity contribution in [3.63, 3.8) is 0 Å². The van der Waals surface area contributed by atoms with Gasteiger partial charge in [0.15, 0.2) is 0 Å². The molecule has 1 amide bonds. The van der Waals surface area contributed by atoms with Crippen molar-refractivity contribution in [3.05, 3.63) is 28.8 Å². The fraction of sp³-hybridized carbons (Fsp3) is 0.300. The van der Waals surface area contributed by atoms with E-state index in [-0.39, 0.29) is 5.91 Å². The van der Waals surface area contributed by atoms with Gasteiger partial charge in [0.25, 0.3) is 5.91 Å². The number of carbonyl (C=O) groups is 1. The zero-order valence-electron chi connectivity index (χ0n) is 7.98. The molecule has 1 aromatic rings. The molecule has 0 radical (unpaired) electrons. The minimum atomic E-state index is -0.408. The number of carbonyl (C=O) groups excluding carboxylic acids is 1. The topological polar surface area (TPSA) is 66.6 Å². The van der Waals surface area contributed by atoms with E-state index in [1.165, 1.54) is 4.90 Å². The van der Waals surface area contributed by atoms with Crippen LogP contribution in [0.5, 0.6) is 0 Å². The number of hydrogen-bond donors (Lipinski definition) is 2. The quantitative estimate of drug-likeness (QED) is 0.694. The fourth-order valence-electron chi connectivity index (χ4n) is 1.52. The van der Waals surface area contributed by atoms with Gasteiger partial charge < -0.3 is 15.7 Å². The van der Waals surface area contributed by atoms with Crippen molar-refractivity contribution in [1.29, 1.82) is 0 Å². The maximum atomic E-state index is 11.8. The number of β-amino-alcohol motifs (C(OH)–C–C–N with tert-alkyl or cyclic N) is 1. The van der Waals surface area contributed by atoms with Crippen LogP contribution >= 0.6 is 11.6 Å². The van der Waals surface area contributed by atoms with Gasteiger partial charge in [-0.3, -0.25) is 4.79 Å². The highest BCUT2D eigenvalue weighted by Gasteiger charge is 2.30. The summed E-state index contributed by atoms with van der Waals surface area (Å²) in [5.74, 6) is -0.180. The second-order valence-corrected chi connectivity index (χ2v) is 3.97. The van der Waals surface area contributed by atoms with Crippen LogP contribution in [0.1, 0.15) is 10.4 Å². The SMILES string of the molecule is Nc1c(Cl)cccc1C(=O)N1CC(O)C1. The molecule has 2 rings (SSSR count). The van der Waals surface area contributed by atoms with Crippen molar-refractivity contribution < 1.29 is 9.90 Å². The molecule has 15 heavy (non-hydrogen) atoms. The van der Waals surface area contributed by atoms with E-state index < -0.39 is 6.10 Å². The number of hydrogen-bond acceptors (Lipinski definition) is 3. The highest BCUT2D eigenvalue weighted by atomic mass is 35.5. The van der Waals surface area contributed by atoms with Crippen LogP contribution in [0.2, 0.25) is 5.02 Å². The van der Waals surface area contributed by atoms with E-state index in [0.29, 0.717) is 29.4 Å². The first-order valence-corrected chi connectivity index (χ1v) is 4.98. The van der Waals surface area contributed by atoms with E-state index in [9.17, 15) is 4.79 Å². The number of nitrogens with zero attached hydrogens (tertiary/aromatic N) is 1. The average molecular weight is 227 g/mol. The number of amides is 1. The van der Waals surface area contributed by atoms with Crippen molar-refractivity contribution >= 4 is 23.2 Å². The number of para-hydroxylation sites is 1. The van der Waals surface area contributed by atoms with Crippen LogP contribution in [-0.2, 0) is 0 Å². The molecule has 5 heteroatoms. The van der Waals surface area contributed by atoms with E-state index in [1.807, 2.05) is 0 Å². The van der Waals surface area contributed by atoms with Crippen molar-refractivity contribution in [2.75, 3.05) is 18.8 Å². The van der Waals surface area contributed by atoms with Gasteiger partial charge in [0, 0.05) is 13.1 Å². The number of aliphatic hydroxyl groups is 1. The Kier molecular flexibility index (Phi) is 2.54. The molecule has 0 unspecified atom stereocenters. The molecule has 0 bridgehead atoms. The summed E-state index contributed by atoms with van der Waals surface area (Å²) >= 11 is 5.81. The van der Waals surface area contributed by atoms with Gasteiger partial charge in [0.1, 0.15) is 0 Å². The maximum Gasteiger partial charge on any atom is 0.256 e. The van der Waals surface area contributed by atoms with Crippen LogP contribution in [0.25, 0.3) is 0 Å². The van der Waals surface area contributed by atoms with Crippen molar-refractivity contribution in [2.45, 2.75) is 6.10 Å². The third kappa shape index (κ3) is 1.78. The molecule has 1 aliphatic heterocycles. The number of nitrogens with two attached hydrogens (primary N) is 1. The van der Waals surface area contributed by atoms with E-state index in [4.69, 9.17) is 22.4 Å². The Labute approximate surface area is 92.2 Å². The highest BCUT2D eigenvalue weighted by molar-refractivity contribution is 6.33. The first kappa shape index (κ1) is 10.3. The molecule has 1 heterocycles. The molecule has 1 fully saturated rings. The minimum absolute atomic E-state index is 0.180. The lowest BCUT2D eigenvalue weighted by atomic mass is 10.1. The van der Waals surface area contributed by atoms with Gasteiger partial charge in [-0.25, -0.2) is 0 Å². The van der Waals surface area contributed by atoms with Crippen molar-refractivity contribution in [1.82, 2.24) is 4.90 Å². The Balaban J connectivity index is 2.22. The molecule has 1 saturated heterocycles. The fourth-order valence-corrected chi connectivity index (χ4v) is 1.69. The molecular weight excluding hydrogens is 216 g/mol. The molecule has 0 aliphatic carbocycles. The van der Waals surface area contributed by atoms with Crippen LogP contribution < -0.4 is 5.73 Å². The van der Waals surface area contributed by atoms with Crippen LogP contribution in [0.3, 0.4) is 0 Å². The third-order valence-corrected chi connectivity index (χ3v) is 2.76. The number of rotatable bonds is 1.